The van der Waals surface area contributed by atoms with Crippen molar-refractivity contribution in [2.45, 2.75) is 6.42 Å². The molecule has 0 aliphatic carbocycles. The lowest BCUT2D eigenvalue weighted by molar-refractivity contribution is -0.137. The van der Waals surface area contributed by atoms with Gasteiger partial charge in [-0.05, 0) is 12.1 Å². The van der Waals surface area contributed by atoms with Crippen molar-refractivity contribution >= 4 is 17.6 Å². The predicted octanol–water partition coefficient (Wildman–Crippen LogP) is 1.81. The van der Waals surface area contributed by atoms with Crippen LogP contribution >= 0.6 is 11.6 Å². The third-order valence-electron chi connectivity index (χ3n) is 3.61. The molecule has 0 spiro atoms. The second kappa shape index (κ2) is 8.22. The van der Waals surface area contributed by atoms with Crippen molar-refractivity contribution in [2.75, 3.05) is 45.9 Å². The Labute approximate surface area is 130 Å². The fourth-order valence-corrected chi connectivity index (χ4v) is 2.53. The van der Waals surface area contributed by atoms with Gasteiger partial charge in [0.25, 0.3) is 0 Å². The fraction of sp³-hybridized carbons (Fsp3) is 0.533. The van der Waals surface area contributed by atoms with Gasteiger partial charge < -0.3 is 14.7 Å². The summed E-state index contributed by atoms with van der Waals surface area (Å²) in [7, 11) is 0. The summed E-state index contributed by atoms with van der Waals surface area (Å²) in [4.78, 5) is 15.1. The molecule has 0 atom stereocenters. The number of rotatable bonds is 7. The van der Waals surface area contributed by atoms with Crippen LogP contribution in [0.2, 0.25) is 5.02 Å². The topological polar surface area (TPSA) is 53.0 Å². The zero-order chi connectivity index (χ0) is 15.1. The zero-order valence-corrected chi connectivity index (χ0v) is 12.8. The van der Waals surface area contributed by atoms with Crippen LogP contribution in [-0.2, 0) is 4.79 Å². The molecule has 1 aliphatic rings. The molecular formula is C15H21ClN2O3. The Bertz CT molecular complexity index is 462. The van der Waals surface area contributed by atoms with E-state index in [1.165, 1.54) is 0 Å². The summed E-state index contributed by atoms with van der Waals surface area (Å²) in [5.41, 5.74) is 0. The molecule has 0 saturated carbocycles. The number of nitrogens with zero attached hydrogens (tertiary/aromatic N) is 2. The standard InChI is InChI=1S/C15H21ClN2O3/c16-13-3-1-2-4-14(13)21-12-11-18-9-7-17(8-10-18)6-5-15(19)20/h1-4H,5-12H2,(H,19,20). The van der Waals surface area contributed by atoms with Gasteiger partial charge in [0.15, 0.2) is 0 Å². The molecule has 1 aromatic carbocycles. The van der Waals surface area contributed by atoms with Crippen molar-refractivity contribution in [1.82, 2.24) is 9.80 Å². The highest BCUT2D eigenvalue weighted by molar-refractivity contribution is 6.32. The molecule has 116 valence electrons. The van der Waals surface area contributed by atoms with E-state index in [0.29, 0.717) is 18.2 Å². The van der Waals surface area contributed by atoms with Gasteiger partial charge in [-0.3, -0.25) is 9.69 Å². The van der Waals surface area contributed by atoms with Gasteiger partial charge >= 0.3 is 5.97 Å². The second-order valence-corrected chi connectivity index (χ2v) is 5.51. The van der Waals surface area contributed by atoms with E-state index in [9.17, 15) is 4.79 Å². The first-order valence-corrected chi connectivity index (χ1v) is 7.57. The van der Waals surface area contributed by atoms with E-state index in [1.54, 1.807) is 0 Å². The highest BCUT2D eigenvalue weighted by atomic mass is 35.5. The molecule has 0 radical (unpaired) electrons. The Balaban J connectivity index is 1.63. The van der Waals surface area contributed by atoms with Gasteiger partial charge in [-0.1, -0.05) is 23.7 Å². The van der Waals surface area contributed by atoms with Crippen LogP contribution in [0.15, 0.2) is 24.3 Å². The molecule has 1 aliphatic heterocycles. The molecule has 1 heterocycles. The van der Waals surface area contributed by atoms with Crippen LogP contribution in [0.4, 0.5) is 0 Å². The predicted molar refractivity (Wildman–Crippen MR) is 82.1 cm³/mol. The maximum atomic E-state index is 10.5. The van der Waals surface area contributed by atoms with E-state index >= 15 is 0 Å². The summed E-state index contributed by atoms with van der Waals surface area (Å²) < 4.78 is 5.68. The van der Waals surface area contributed by atoms with E-state index in [0.717, 1.165) is 38.5 Å². The van der Waals surface area contributed by atoms with E-state index in [4.69, 9.17) is 21.4 Å². The SMILES string of the molecule is O=C(O)CCN1CCN(CCOc2ccccc2Cl)CC1. The number of para-hydroxylation sites is 1. The van der Waals surface area contributed by atoms with Crippen LogP contribution < -0.4 is 4.74 Å². The number of halogens is 1. The number of carbonyl (C=O) groups is 1. The number of hydrogen-bond acceptors (Lipinski definition) is 4. The average Bonchev–Trinajstić information content (AvgIpc) is 2.48. The van der Waals surface area contributed by atoms with Crippen LogP contribution in [0.5, 0.6) is 5.75 Å². The normalized spacial score (nSPS) is 16.8. The number of carboxylic acids is 1. The molecule has 6 heteroatoms. The van der Waals surface area contributed by atoms with E-state index in [2.05, 4.69) is 9.80 Å². The Kier molecular flexibility index (Phi) is 6.29. The first kappa shape index (κ1) is 16.1. The molecule has 0 bridgehead atoms. The Hall–Kier alpha value is -1.30. The van der Waals surface area contributed by atoms with Gasteiger partial charge in [0.05, 0.1) is 11.4 Å². The molecule has 2 rings (SSSR count). The summed E-state index contributed by atoms with van der Waals surface area (Å²) in [6.45, 7) is 5.84. The van der Waals surface area contributed by atoms with Gasteiger partial charge in [0.2, 0.25) is 0 Å². The first-order chi connectivity index (χ1) is 10.1. The van der Waals surface area contributed by atoms with Crippen LogP contribution in [-0.4, -0.2) is 66.8 Å². The highest BCUT2D eigenvalue weighted by Gasteiger charge is 2.17. The lowest BCUT2D eigenvalue weighted by Crippen LogP contribution is -2.47. The van der Waals surface area contributed by atoms with Gasteiger partial charge in [-0.25, -0.2) is 0 Å². The second-order valence-electron chi connectivity index (χ2n) is 5.11. The molecule has 0 unspecified atom stereocenters. The maximum Gasteiger partial charge on any atom is 0.304 e. The van der Waals surface area contributed by atoms with Crippen LogP contribution in [0, 0.1) is 0 Å². The summed E-state index contributed by atoms with van der Waals surface area (Å²) >= 11 is 6.03. The lowest BCUT2D eigenvalue weighted by Gasteiger charge is -2.34. The Morgan fingerprint density at radius 1 is 1.14 bits per heavy atom. The van der Waals surface area contributed by atoms with E-state index < -0.39 is 5.97 Å². The Morgan fingerprint density at radius 3 is 2.38 bits per heavy atom. The molecule has 0 aromatic heterocycles. The molecule has 1 fully saturated rings. The van der Waals surface area contributed by atoms with Crippen molar-refractivity contribution in [3.8, 4) is 5.75 Å². The third-order valence-corrected chi connectivity index (χ3v) is 3.92. The minimum absolute atomic E-state index is 0.218. The van der Waals surface area contributed by atoms with Gasteiger partial charge in [-0.2, -0.15) is 0 Å². The molecule has 5 nitrogen and oxygen atoms in total. The monoisotopic (exact) mass is 312 g/mol. The van der Waals surface area contributed by atoms with E-state index in [-0.39, 0.29) is 6.42 Å². The molecule has 21 heavy (non-hydrogen) atoms. The molecule has 1 saturated heterocycles. The van der Waals surface area contributed by atoms with Crippen molar-refractivity contribution in [1.29, 1.82) is 0 Å². The summed E-state index contributed by atoms with van der Waals surface area (Å²) in [6, 6.07) is 7.47. The van der Waals surface area contributed by atoms with Crippen molar-refractivity contribution < 1.29 is 14.6 Å². The smallest absolute Gasteiger partial charge is 0.304 e. The van der Waals surface area contributed by atoms with Crippen molar-refractivity contribution in [3.63, 3.8) is 0 Å². The summed E-state index contributed by atoms with van der Waals surface area (Å²) in [6.07, 6.45) is 0.218. The number of carboxylic acid groups (broad SMARTS) is 1. The van der Waals surface area contributed by atoms with Gasteiger partial charge in [0.1, 0.15) is 12.4 Å². The fourth-order valence-electron chi connectivity index (χ4n) is 2.34. The highest BCUT2D eigenvalue weighted by Crippen LogP contribution is 2.22. The number of aliphatic carboxylic acids is 1. The van der Waals surface area contributed by atoms with Crippen molar-refractivity contribution in [2.24, 2.45) is 0 Å². The van der Waals surface area contributed by atoms with Crippen LogP contribution in [0.1, 0.15) is 6.42 Å². The summed E-state index contributed by atoms with van der Waals surface area (Å²) in [5, 5.41) is 9.31. The molecular weight excluding hydrogens is 292 g/mol. The third kappa shape index (κ3) is 5.53. The quantitative estimate of drug-likeness (QED) is 0.832. The molecule has 1 aromatic rings. The largest absolute Gasteiger partial charge is 0.491 e. The number of ether oxygens (including phenoxy) is 1. The van der Waals surface area contributed by atoms with Crippen molar-refractivity contribution in [3.05, 3.63) is 29.3 Å². The number of hydrogen-bond donors (Lipinski definition) is 1. The van der Waals surface area contributed by atoms with Crippen LogP contribution in [0.25, 0.3) is 0 Å². The number of benzene rings is 1. The molecule has 1 N–H and O–H groups in total. The first-order valence-electron chi connectivity index (χ1n) is 7.19. The Morgan fingerprint density at radius 2 is 1.76 bits per heavy atom. The average molecular weight is 313 g/mol. The number of piperazine rings is 1. The maximum absolute atomic E-state index is 10.5. The minimum Gasteiger partial charge on any atom is -0.491 e. The lowest BCUT2D eigenvalue weighted by atomic mass is 10.3. The van der Waals surface area contributed by atoms with Crippen LogP contribution in [0.3, 0.4) is 0 Å². The van der Waals surface area contributed by atoms with Gasteiger partial charge in [-0.15, -0.1) is 0 Å². The van der Waals surface area contributed by atoms with Gasteiger partial charge in [0, 0.05) is 39.3 Å². The summed E-state index contributed by atoms with van der Waals surface area (Å²) in [5.74, 6) is -0.00942. The minimum atomic E-state index is -0.731. The van der Waals surface area contributed by atoms with E-state index in [1.807, 2.05) is 24.3 Å². The zero-order valence-electron chi connectivity index (χ0n) is 12.0. The molecule has 0 amide bonds.